The summed E-state index contributed by atoms with van der Waals surface area (Å²) in [5, 5.41) is 17.1. The van der Waals surface area contributed by atoms with Crippen LogP contribution in [0, 0.1) is 5.41 Å². The molecule has 5 nitrogen and oxygen atoms in total. The fourth-order valence-electron chi connectivity index (χ4n) is 2.84. The molecule has 1 aromatic rings. The van der Waals surface area contributed by atoms with Gasteiger partial charge in [-0.2, -0.15) is 0 Å². The Balaban J connectivity index is 0.00000264. The SMILES string of the molecule is CCNC(=NCC(C)(O)c1ccco1)NCC1(CC)CCC1.I. The van der Waals surface area contributed by atoms with Gasteiger partial charge >= 0.3 is 0 Å². The van der Waals surface area contributed by atoms with Crippen LogP contribution in [0.25, 0.3) is 0 Å². The summed E-state index contributed by atoms with van der Waals surface area (Å²) < 4.78 is 5.29. The van der Waals surface area contributed by atoms with Gasteiger partial charge in [0.1, 0.15) is 11.4 Å². The third-order valence-electron chi connectivity index (χ3n) is 4.74. The topological polar surface area (TPSA) is 69.8 Å². The van der Waals surface area contributed by atoms with Crippen molar-refractivity contribution in [3.8, 4) is 0 Å². The van der Waals surface area contributed by atoms with Gasteiger partial charge in [0, 0.05) is 13.1 Å². The van der Waals surface area contributed by atoms with Gasteiger partial charge in [0.2, 0.25) is 0 Å². The summed E-state index contributed by atoms with van der Waals surface area (Å²) >= 11 is 0. The molecular formula is C17H30IN3O2. The van der Waals surface area contributed by atoms with E-state index in [1.165, 1.54) is 25.7 Å². The molecule has 23 heavy (non-hydrogen) atoms. The summed E-state index contributed by atoms with van der Waals surface area (Å²) in [5.41, 5.74) is -0.662. The van der Waals surface area contributed by atoms with Crippen LogP contribution < -0.4 is 10.6 Å². The number of aliphatic imine (C=N–C) groups is 1. The van der Waals surface area contributed by atoms with Crippen molar-refractivity contribution in [1.82, 2.24) is 10.6 Å². The third-order valence-corrected chi connectivity index (χ3v) is 4.74. The third kappa shape index (κ3) is 5.38. The van der Waals surface area contributed by atoms with Crippen LogP contribution in [0.2, 0.25) is 0 Å². The number of aliphatic hydroxyl groups is 1. The molecule has 1 unspecified atom stereocenters. The smallest absolute Gasteiger partial charge is 0.191 e. The summed E-state index contributed by atoms with van der Waals surface area (Å²) in [5.74, 6) is 1.30. The lowest BCUT2D eigenvalue weighted by Gasteiger charge is -2.41. The molecule has 0 aliphatic heterocycles. The van der Waals surface area contributed by atoms with Crippen LogP contribution in [0.1, 0.15) is 52.2 Å². The van der Waals surface area contributed by atoms with Crippen molar-refractivity contribution in [2.45, 2.75) is 52.1 Å². The lowest BCUT2D eigenvalue weighted by atomic mass is 9.67. The predicted molar refractivity (Wildman–Crippen MR) is 104 cm³/mol. The Bertz CT molecular complexity index is 477. The monoisotopic (exact) mass is 435 g/mol. The van der Waals surface area contributed by atoms with Gasteiger partial charge in [-0.15, -0.1) is 24.0 Å². The van der Waals surface area contributed by atoms with Gasteiger partial charge in [-0.05, 0) is 50.7 Å². The molecule has 0 aromatic carbocycles. The van der Waals surface area contributed by atoms with E-state index in [4.69, 9.17) is 4.42 Å². The maximum Gasteiger partial charge on any atom is 0.191 e. The molecule has 1 aliphatic rings. The minimum Gasteiger partial charge on any atom is -0.466 e. The van der Waals surface area contributed by atoms with Crippen LogP contribution in [-0.2, 0) is 5.60 Å². The van der Waals surface area contributed by atoms with Crippen LogP contribution >= 0.6 is 24.0 Å². The summed E-state index contributed by atoms with van der Waals surface area (Å²) in [4.78, 5) is 4.52. The van der Waals surface area contributed by atoms with E-state index in [0.717, 1.165) is 19.0 Å². The number of halogens is 1. The molecule has 1 heterocycles. The first-order valence-corrected chi connectivity index (χ1v) is 8.30. The Morgan fingerprint density at radius 3 is 2.61 bits per heavy atom. The number of nitrogens with one attached hydrogen (secondary N) is 2. The Morgan fingerprint density at radius 2 is 2.13 bits per heavy atom. The molecule has 1 saturated carbocycles. The van der Waals surface area contributed by atoms with Crippen molar-refractivity contribution < 1.29 is 9.52 Å². The minimum absolute atomic E-state index is 0. The first-order valence-electron chi connectivity index (χ1n) is 8.30. The maximum absolute atomic E-state index is 10.5. The highest BCUT2D eigenvalue weighted by Gasteiger charge is 2.35. The fraction of sp³-hybridized carbons (Fsp3) is 0.706. The van der Waals surface area contributed by atoms with E-state index in [2.05, 4.69) is 22.5 Å². The zero-order valence-electron chi connectivity index (χ0n) is 14.4. The largest absolute Gasteiger partial charge is 0.466 e. The molecule has 132 valence electrons. The average Bonchev–Trinajstić information content (AvgIpc) is 2.99. The van der Waals surface area contributed by atoms with Crippen molar-refractivity contribution in [2.24, 2.45) is 10.4 Å². The molecule has 0 spiro atoms. The second-order valence-corrected chi connectivity index (χ2v) is 6.51. The number of furan rings is 1. The molecular weight excluding hydrogens is 405 g/mol. The van der Waals surface area contributed by atoms with E-state index in [-0.39, 0.29) is 30.5 Å². The molecule has 1 aromatic heterocycles. The molecule has 6 heteroatoms. The van der Waals surface area contributed by atoms with E-state index < -0.39 is 5.60 Å². The van der Waals surface area contributed by atoms with Gasteiger partial charge in [0.05, 0.1) is 12.8 Å². The van der Waals surface area contributed by atoms with E-state index >= 15 is 0 Å². The van der Waals surface area contributed by atoms with Crippen molar-refractivity contribution in [2.75, 3.05) is 19.6 Å². The Kier molecular flexibility index (Phi) is 7.86. The maximum atomic E-state index is 10.5. The fourth-order valence-corrected chi connectivity index (χ4v) is 2.84. The quantitative estimate of drug-likeness (QED) is 0.350. The summed E-state index contributed by atoms with van der Waals surface area (Å²) in [6.45, 7) is 8.02. The zero-order chi connectivity index (χ0) is 16.1. The van der Waals surface area contributed by atoms with Crippen LogP contribution in [0.3, 0.4) is 0 Å². The normalized spacial score (nSPS) is 19.2. The molecule has 0 radical (unpaired) electrons. The number of hydrogen-bond acceptors (Lipinski definition) is 3. The van der Waals surface area contributed by atoms with E-state index in [0.29, 0.717) is 11.2 Å². The lowest BCUT2D eigenvalue weighted by Crippen LogP contribution is -2.46. The number of guanidine groups is 1. The second-order valence-electron chi connectivity index (χ2n) is 6.51. The highest BCUT2D eigenvalue weighted by atomic mass is 127. The first kappa shape index (κ1) is 20.3. The zero-order valence-corrected chi connectivity index (χ0v) is 16.7. The van der Waals surface area contributed by atoms with Gasteiger partial charge in [0.15, 0.2) is 5.96 Å². The Labute approximate surface area is 156 Å². The number of nitrogens with zero attached hydrogens (tertiary/aromatic N) is 1. The summed E-state index contributed by atoms with van der Waals surface area (Å²) in [6.07, 6.45) is 6.68. The highest BCUT2D eigenvalue weighted by Crippen LogP contribution is 2.42. The average molecular weight is 435 g/mol. The molecule has 0 saturated heterocycles. The van der Waals surface area contributed by atoms with E-state index in [1.54, 1.807) is 25.3 Å². The highest BCUT2D eigenvalue weighted by molar-refractivity contribution is 14.0. The lowest BCUT2D eigenvalue weighted by molar-refractivity contribution is 0.0436. The van der Waals surface area contributed by atoms with Crippen LogP contribution in [0.15, 0.2) is 27.8 Å². The van der Waals surface area contributed by atoms with Gasteiger partial charge in [-0.25, -0.2) is 4.99 Å². The summed E-state index contributed by atoms with van der Waals surface area (Å²) in [7, 11) is 0. The molecule has 0 bridgehead atoms. The minimum atomic E-state index is -1.09. The summed E-state index contributed by atoms with van der Waals surface area (Å²) in [6, 6.07) is 3.55. The van der Waals surface area contributed by atoms with Gasteiger partial charge < -0.3 is 20.2 Å². The molecule has 1 fully saturated rings. The first-order chi connectivity index (χ1) is 10.5. The van der Waals surface area contributed by atoms with Crippen LogP contribution in [0.4, 0.5) is 0 Å². The van der Waals surface area contributed by atoms with Gasteiger partial charge in [-0.1, -0.05) is 13.3 Å². The van der Waals surface area contributed by atoms with Crippen LogP contribution in [0.5, 0.6) is 0 Å². The van der Waals surface area contributed by atoms with E-state index in [9.17, 15) is 5.11 Å². The Hall–Kier alpha value is -0.760. The molecule has 1 atom stereocenters. The number of hydrogen-bond donors (Lipinski definition) is 3. The van der Waals surface area contributed by atoms with Crippen molar-refractivity contribution in [3.63, 3.8) is 0 Å². The number of rotatable bonds is 7. The van der Waals surface area contributed by atoms with Gasteiger partial charge in [0.25, 0.3) is 0 Å². The van der Waals surface area contributed by atoms with Crippen LogP contribution in [-0.4, -0.2) is 30.7 Å². The molecule has 0 amide bonds. The second kappa shape index (κ2) is 8.92. The molecule has 2 rings (SSSR count). The van der Waals surface area contributed by atoms with Crippen molar-refractivity contribution in [3.05, 3.63) is 24.2 Å². The molecule has 1 aliphatic carbocycles. The standard InChI is InChI=1S/C17H29N3O2.HI/c1-4-17(9-7-10-17)13-20-15(18-5-2)19-12-16(3,21)14-8-6-11-22-14;/h6,8,11,21H,4-5,7,9-10,12-13H2,1-3H3,(H2,18,19,20);1H. The Morgan fingerprint density at radius 1 is 1.39 bits per heavy atom. The van der Waals surface area contributed by atoms with E-state index in [1.807, 2.05) is 6.92 Å². The van der Waals surface area contributed by atoms with Crippen molar-refractivity contribution in [1.29, 1.82) is 0 Å². The van der Waals surface area contributed by atoms with Crippen molar-refractivity contribution >= 4 is 29.9 Å². The van der Waals surface area contributed by atoms with Gasteiger partial charge in [-0.3, -0.25) is 0 Å². The predicted octanol–water partition coefficient (Wildman–Crippen LogP) is 3.24. The molecule has 3 N–H and O–H groups in total.